The molecule has 0 bridgehead atoms. The van der Waals surface area contributed by atoms with E-state index in [0.717, 1.165) is 47.5 Å². The van der Waals surface area contributed by atoms with Crippen LogP contribution in [-0.4, -0.2) is 83.9 Å². The van der Waals surface area contributed by atoms with E-state index in [0.29, 0.717) is 35.9 Å². The van der Waals surface area contributed by atoms with E-state index in [1.165, 1.54) is 20.7 Å². The lowest BCUT2D eigenvalue weighted by atomic mass is 10.3. The van der Waals surface area contributed by atoms with Crippen molar-refractivity contribution in [3.8, 4) is 0 Å². The van der Waals surface area contributed by atoms with E-state index >= 15 is 0 Å². The third-order valence-corrected chi connectivity index (χ3v) is 10.5. The molecule has 0 unspecified atom stereocenters. The highest BCUT2D eigenvalue weighted by atomic mass is 32.1. The number of para-hydroxylation sites is 2. The van der Waals surface area contributed by atoms with Gasteiger partial charge in [-0.2, -0.15) is 0 Å². The van der Waals surface area contributed by atoms with Crippen molar-refractivity contribution in [3.63, 3.8) is 0 Å². The van der Waals surface area contributed by atoms with Gasteiger partial charge in [-0.3, -0.25) is 9.59 Å². The SMILES string of the molecule is O=C(c1ccc(C(=O)N2CCN(c3nc4ccccc4s3)CC2)s1)N1CCN(c2nc3ccccc3s2)CC1. The molecule has 0 N–H and O–H groups in total. The molecule has 7 rings (SSSR count). The molecule has 5 heterocycles. The third-order valence-electron chi connectivity index (χ3n) is 7.27. The maximum absolute atomic E-state index is 13.2. The van der Waals surface area contributed by atoms with Crippen LogP contribution >= 0.6 is 34.0 Å². The molecule has 39 heavy (non-hydrogen) atoms. The molecule has 0 spiro atoms. The monoisotopic (exact) mass is 574 g/mol. The summed E-state index contributed by atoms with van der Waals surface area (Å²) in [5, 5.41) is 2.02. The first kappa shape index (κ1) is 24.5. The molecule has 2 saturated heterocycles. The quantitative estimate of drug-likeness (QED) is 0.304. The van der Waals surface area contributed by atoms with Gasteiger partial charge >= 0.3 is 0 Å². The van der Waals surface area contributed by atoms with Gasteiger partial charge in [-0.05, 0) is 36.4 Å². The van der Waals surface area contributed by atoms with Crippen LogP contribution in [0.3, 0.4) is 0 Å². The van der Waals surface area contributed by atoms with E-state index in [1.54, 1.807) is 34.8 Å². The van der Waals surface area contributed by atoms with Crippen molar-refractivity contribution < 1.29 is 9.59 Å². The van der Waals surface area contributed by atoms with Gasteiger partial charge in [-0.25, -0.2) is 9.97 Å². The first-order valence-corrected chi connectivity index (χ1v) is 15.5. The first-order valence-electron chi connectivity index (χ1n) is 13.0. The summed E-state index contributed by atoms with van der Waals surface area (Å²) in [4.78, 5) is 45.5. The number of thiazole rings is 2. The van der Waals surface area contributed by atoms with Crippen LogP contribution in [0.5, 0.6) is 0 Å². The molecule has 2 aromatic carbocycles. The summed E-state index contributed by atoms with van der Waals surface area (Å²) >= 11 is 4.70. The minimum atomic E-state index is 0.00338. The highest BCUT2D eigenvalue weighted by molar-refractivity contribution is 7.22. The summed E-state index contributed by atoms with van der Waals surface area (Å²) in [6.07, 6.45) is 0. The number of hydrogen-bond donors (Lipinski definition) is 0. The number of thiophene rings is 1. The van der Waals surface area contributed by atoms with Crippen LogP contribution in [0.15, 0.2) is 60.7 Å². The predicted molar refractivity (Wildman–Crippen MR) is 160 cm³/mol. The highest BCUT2D eigenvalue weighted by Gasteiger charge is 2.28. The van der Waals surface area contributed by atoms with Crippen molar-refractivity contribution in [2.75, 3.05) is 62.2 Å². The lowest BCUT2D eigenvalue weighted by Crippen LogP contribution is -2.48. The number of piperazine rings is 2. The smallest absolute Gasteiger partial charge is 0.264 e. The Labute approximate surface area is 237 Å². The Kier molecular flexibility index (Phi) is 6.42. The molecule has 8 nitrogen and oxygen atoms in total. The molecule has 2 aliphatic rings. The molecule has 0 atom stereocenters. The number of carbonyl (C=O) groups is 2. The van der Waals surface area contributed by atoms with E-state index in [-0.39, 0.29) is 11.8 Å². The number of anilines is 2. The molecule has 2 fully saturated rings. The molecular formula is C28H26N6O2S3. The topological polar surface area (TPSA) is 72.9 Å². The second kappa shape index (κ2) is 10.2. The van der Waals surface area contributed by atoms with E-state index < -0.39 is 0 Å². The Balaban J connectivity index is 0.947. The molecule has 3 aromatic heterocycles. The van der Waals surface area contributed by atoms with Gasteiger partial charge in [-0.1, -0.05) is 46.9 Å². The van der Waals surface area contributed by atoms with Crippen LogP contribution in [0, 0.1) is 0 Å². The molecule has 198 valence electrons. The number of rotatable bonds is 4. The van der Waals surface area contributed by atoms with Gasteiger partial charge < -0.3 is 19.6 Å². The number of aromatic nitrogens is 2. The van der Waals surface area contributed by atoms with E-state index in [1.807, 2.05) is 46.2 Å². The van der Waals surface area contributed by atoms with Gasteiger partial charge in [-0.15, -0.1) is 11.3 Å². The maximum atomic E-state index is 13.2. The van der Waals surface area contributed by atoms with Crippen LogP contribution in [0.1, 0.15) is 19.3 Å². The minimum absolute atomic E-state index is 0.00338. The largest absolute Gasteiger partial charge is 0.345 e. The van der Waals surface area contributed by atoms with E-state index in [9.17, 15) is 9.59 Å². The van der Waals surface area contributed by atoms with Gasteiger partial charge in [0, 0.05) is 52.4 Å². The Hall–Kier alpha value is -3.54. The summed E-state index contributed by atoms with van der Waals surface area (Å²) in [5.74, 6) is 0.00677. The molecule has 5 aromatic rings. The Morgan fingerprint density at radius 1 is 0.538 bits per heavy atom. The molecule has 0 saturated carbocycles. The van der Waals surface area contributed by atoms with Gasteiger partial charge in [0.2, 0.25) is 0 Å². The second-order valence-electron chi connectivity index (χ2n) is 9.65. The summed E-state index contributed by atoms with van der Waals surface area (Å²) in [7, 11) is 0. The second-order valence-corrected chi connectivity index (χ2v) is 12.8. The molecule has 0 aliphatic carbocycles. The first-order chi connectivity index (χ1) is 19.1. The number of nitrogens with zero attached hydrogens (tertiary/aromatic N) is 6. The maximum Gasteiger partial charge on any atom is 0.264 e. The molecule has 11 heteroatoms. The fourth-order valence-corrected chi connectivity index (χ4v) is 8.05. The average molecular weight is 575 g/mol. The van der Waals surface area contributed by atoms with Crippen molar-refractivity contribution in [2.24, 2.45) is 0 Å². The minimum Gasteiger partial charge on any atom is -0.345 e. The van der Waals surface area contributed by atoms with Gasteiger partial charge in [0.25, 0.3) is 11.8 Å². The number of fused-ring (bicyclic) bond motifs is 2. The summed E-state index contributed by atoms with van der Waals surface area (Å²) in [5.41, 5.74) is 2.04. The predicted octanol–water partition coefficient (Wildman–Crippen LogP) is 4.89. The average Bonchev–Trinajstić information content (AvgIpc) is 3.75. The van der Waals surface area contributed by atoms with E-state index in [2.05, 4.69) is 21.9 Å². The number of benzene rings is 2. The normalized spacial score (nSPS) is 16.4. The van der Waals surface area contributed by atoms with Gasteiger partial charge in [0.05, 0.1) is 30.2 Å². The zero-order valence-electron chi connectivity index (χ0n) is 21.2. The molecular weight excluding hydrogens is 549 g/mol. The van der Waals surface area contributed by atoms with Crippen molar-refractivity contribution in [1.29, 1.82) is 0 Å². The van der Waals surface area contributed by atoms with Crippen LogP contribution in [-0.2, 0) is 0 Å². The summed E-state index contributed by atoms with van der Waals surface area (Å²) in [6, 6.07) is 19.9. The van der Waals surface area contributed by atoms with Crippen LogP contribution in [0.25, 0.3) is 20.4 Å². The summed E-state index contributed by atoms with van der Waals surface area (Å²) < 4.78 is 2.36. The molecule has 2 amide bonds. The zero-order valence-corrected chi connectivity index (χ0v) is 23.6. The van der Waals surface area contributed by atoms with Crippen molar-refractivity contribution in [1.82, 2.24) is 19.8 Å². The lowest BCUT2D eigenvalue weighted by Gasteiger charge is -2.34. The van der Waals surface area contributed by atoms with Crippen LogP contribution in [0.4, 0.5) is 10.3 Å². The van der Waals surface area contributed by atoms with Crippen LogP contribution < -0.4 is 9.80 Å². The van der Waals surface area contributed by atoms with Crippen molar-refractivity contribution >= 4 is 76.5 Å². The highest BCUT2D eigenvalue weighted by Crippen LogP contribution is 2.31. The Bertz CT molecular complexity index is 1470. The Morgan fingerprint density at radius 2 is 0.949 bits per heavy atom. The van der Waals surface area contributed by atoms with E-state index in [4.69, 9.17) is 9.97 Å². The molecule has 0 radical (unpaired) electrons. The fourth-order valence-electron chi connectivity index (χ4n) is 5.07. The Morgan fingerprint density at radius 3 is 1.36 bits per heavy atom. The zero-order chi connectivity index (χ0) is 26.3. The summed E-state index contributed by atoms with van der Waals surface area (Å²) in [6.45, 7) is 5.58. The standard InChI is InChI=1S/C28H26N6O2S3/c35-25(31-11-15-33(16-12-31)27-29-19-5-1-3-7-21(19)38-27)23-9-10-24(37-23)26(36)32-13-17-34(18-14-32)28-30-20-6-2-4-8-22(20)39-28/h1-10H,11-18H2. The third kappa shape index (κ3) is 4.75. The number of amides is 2. The van der Waals surface area contributed by atoms with Crippen molar-refractivity contribution in [3.05, 3.63) is 70.4 Å². The van der Waals surface area contributed by atoms with Crippen LogP contribution in [0.2, 0.25) is 0 Å². The van der Waals surface area contributed by atoms with Crippen molar-refractivity contribution in [2.45, 2.75) is 0 Å². The van der Waals surface area contributed by atoms with Gasteiger partial charge in [0.15, 0.2) is 10.3 Å². The van der Waals surface area contributed by atoms with Gasteiger partial charge in [0.1, 0.15) is 0 Å². The molecule has 2 aliphatic heterocycles. The lowest BCUT2D eigenvalue weighted by molar-refractivity contribution is 0.0746. The fraction of sp³-hybridized carbons (Fsp3) is 0.286. The number of carbonyl (C=O) groups excluding carboxylic acids is 2. The number of hydrogen-bond acceptors (Lipinski definition) is 9.